The molecule has 1 aliphatic heterocycles. The number of para-hydroxylation sites is 1. The van der Waals surface area contributed by atoms with Crippen LogP contribution in [0.3, 0.4) is 0 Å². The second-order valence-electron chi connectivity index (χ2n) is 5.35. The van der Waals surface area contributed by atoms with Gasteiger partial charge in [0.15, 0.2) is 5.11 Å². The van der Waals surface area contributed by atoms with E-state index < -0.39 is 0 Å². The highest BCUT2D eigenvalue weighted by Crippen LogP contribution is 2.23. The monoisotopic (exact) mass is 338 g/mol. The lowest BCUT2D eigenvalue weighted by atomic mass is 10.1. The van der Waals surface area contributed by atoms with Crippen LogP contribution in [0.25, 0.3) is 6.08 Å². The van der Waals surface area contributed by atoms with Gasteiger partial charge >= 0.3 is 0 Å². The van der Waals surface area contributed by atoms with E-state index in [2.05, 4.69) is 5.32 Å². The molecule has 2 aromatic carbocycles. The molecular formula is C19H18N2O2S. The van der Waals surface area contributed by atoms with Gasteiger partial charge in [0, 0.05) is 12.1 Å². The fourth-order valence-electron chi connectivity index (χ4n) is 2.48. The van der Waals surface area contributed by atoms with Crippen LogP contribution in [-0.4, -0.2) is 22.5 Å². The highest BCUT2D eigenvalue weighted by Gasteiger charge is 2.29. The summed E-state index contributed by atoms with van der Waals surface area (Å²) in [6.07, 6.45) is 1.78. The Kier molecular flexibility index (Phi) is 4.91. The fraction of sp³-hybridized carbons (Fsp3) is 0.158. The molecule has 0 aliphatic carbocycles. The zero-order valence-electron chi connectivity index (χ0n) is 13.4. The third kappa shape index (κ3) is 3.46. The van der Waals surface area contributed by atoms with Crippen LogP contribution in [0.2, 0.25) is 0 Å². The summed E-state index contributed by atoms with van der Waals surface area (Å²) in [5.41, 5.74) is 2.40. The third-order valence-electron chi connectivity index (χ3n) is 3.73. The van der Waals surface area contributed by atoms with Crippen molar-refractivity contribution in [1.82, 2.24) is 10.2 Å². The van der Waals surface area contributed by atoms with E-state index in [0.717, 1.165) is 16.9 Å². The van der Waals surface area contributed by atoms with E-state index in [1.165, 1.54) is 4.90 Å². The van der Waals surface area contributed by atoms with E-state index in [1.807, 2.05) is 61.5 Å². The zero-order chi connectivity index (χ0) is 16.9. The quantitative estimate of drug-likeness (QED) is 0.671. The van der Waals surface area contributed by atoms with Gasteiger partial charge in [-0.1, -0.05) is 48.5 Å². The molecular weight excluding hydrogens is 320 g/mol. The minimum atomic E-state index is -0.111. The van der Waals surface area contributed by atoms with Crippen LogP contribution in [0.4, 0.5) is 0 Å². The highest BCUT2D eigenvalue weighted by atomic mass is 32.1. The first kappa shape index (κ1) is 16.2. The summed E-state index contributed by atoms with van der Waals surface area (Å²) in [4.78, 5) is 13.8. The molecule has 0 unspecified atom stereocenters. The van der Waals surface area contributed by atoms with E-state index >= 15 is 0 Å². The summed E-state index contributed by atoms with van der Waals surface area (Å²) < 4.78 is 5.92. The molecule has 24 heavy (non-hydrogen) atoms. The van der Waals surface area contributed by atoms with E-state index in [4.69, 9.17) is 17.0 Å². The van der Waals surface area contributed by atoms with Crippen molar-refractivity contribution < 1.29 is 9.53 Å². The van der Waals surface area contributed by atoms with Crippen LogP contribution >= 0.6 is 12.2 Å². The summed E-state index contributed by atoms with van der Waals surface area (Å²) in [6.45, 7) is 2.92. The Morgan fingerprint density at radius 3 is 2.54 bits per heavy atom. The maximum Gasteiger partial charge on any atom is 0.276 e. The highest BCUT2D eigenvalue weighted by molar-refractivity contribution is 7.80. The van der Waals surface area contributed by atoms with E-state index in [-0.39, 0.29) is 5.91 Å². The Morgan fingerprint density at radius 2 is 1.83 bits per heavy atom. The first-order valence-corrected chi connectivity index (χ1v) is 8.20. The van der Waals surface area contributed by atoms with Crippen LogP contribution in [0.1, 0.15) is 18.1 Å². The molecule has 0 atom stereocenters. The van der Waals surface area contributed by atoms with E-state index in [9.17, 15) is 4.79 Å². The molecule has 1 saturated heterocycles. The third-order valence-corrected chi connectivity index (χ3v) is 4.06. The molecule has 4 nitrogen and oxygen atoms in total. The smallest absolute Gasteiger partial charge is 0.276 e. The average Bonchev–Trinajstić information content (AvgIpc) is 2.88. The molecule has 0 radical (unpaired) electrons. The van der Waals surface area contributed by atoms with Crippen LogP contribution in [0, 0.1) is 0 Å². The van der Waals surface area contributed by atoms with Crippen molar-refractivity contribution in [3.63, 3.8) is 0 Å². The minimum absolute atomic E-state index is 0.111. The molecule has 1 aliphatic rings. The van der Waals surface area contributed by atoms with Crippen LogP contribution in [0.5, 0.6) is 5.75 Å². The number of hydrogen-bond donors (Lipinski definition) is 1. The molecule has 0 aromatic heterocycles. The summed E-state index contributed by atoms with van der Waals surface area (Å²) >= 11 is 5.18. The SMILES string of the molecule is CCN1C(=O)/C(=C/c2ccccc2OCc2ccccc2)NC1=S. The first-order valence-electron chi connectivity index (χ1n) is 7.79. The molecule has 0 bridgehead atoms. The molecule has 1 heterocycles. The molecule has 1 amide bonds. The van der Waals surface area contributed by atoms with Gasteiger partial charge in [0.05, 0.1) is 0 Å². The Morgan fingerprint density at radius 1 is 1.12 bits per heavy atom. The molecule has 1 fully saturated rings. The molecule has 0 spiro atoms. The predicted molar refractivity (Wildman–Crippen MR) is 98.3 cm³/mol. The molecule has 5 heteroatoms. The summed E-state index contributed by atoms with van der Waals surface area (Å²) in [5, 5.41) is 3.41. The first-order chi connectivity index (χ1) is 11.7. The van der Waals surface area contributed by atoms with E-state index in [0.29, 0.717) is 24.0 Å². The number of nitrogens with one attached hydrogen (secondary N) is 1. The number of carbonyl (C=O) groups is 1. The molecule has 122 valence electrons. The number of benzene rings is 2. The zero-order valence-corrected chi connectivity index (χ0v) is 14.2. The van der Waals surface area contributed by atoms with Crippen LogP contribution in [0.15, 0.2) is 60.3 Å². The maximum absolute atomic E-state index is 12.3. The Balaban J connectivity index is 1.81. The van der Waals surface area contributed by atoms with Crippen molar-refractivity contribution in [3.8, 4) is 5.75 Å². The Labute approximate surface area is 146 Å². The number of rotatable bonds is 5. The van der Waals surface area contributed by atoms with E-state index in [1.54, 1.807) is 6.08 Å². The summed E-state index contributed by atoms with van der Waals surface area (Å²) in [7, 11) is 0. The van der Waals surface area contributed by atoms with Gasteiger partial charge in [-0.3, -0.25) is 9.69 Å². The van der Waals surface area contributed by atoms with Gasteiger partial charge in [-0.05, 0) is 36.8 Å². The number of likely N-dealkylation sites (N-methyl/N-ethyl adjacent to an activating group) is 1. The lowest BCUT2D eigenvalue weighted by Gasteiger charge is -2.10. The lowest BCUT2D eigenvalue weighted by Crippen LogP contribution is -2.30. The van der Waals surface area contributed by atoms with Gasteiger partial charge in [-0.25, -0.2) is 0 Å². The topological polar surface area (TPSA) is 41.6 Å². The van der Waals surface area contributed by atoms with Crippen molar-refractivity contribution in [1.29, 1.82) is 0 Å². The van der Waals surface area contributed by atoms with Crippen molar-refractivity contribution in [2.75, 3.05) is 6.54 Å². The van der Waals surface area contributed by atoms with Gasteiger partial charge in [0.2, 0.25) is 0 Å². The Hall–Kier alpha value is -2.66. The van der Waals surface area contributed by atoms with Gasteiger partial charge in [-0.15, -0.1) is 0 Å². The number of nitrogens with zero attached hydrogens (tertiary/aromatic N) is 1. The van der Waals surface area contributed by atoms with Gasteiger partial charge in [0.1, 0.15) is 18.1 Å². The van der Waals surface area contributed by atoms with Crippen LogP contribution in [-0.2, 0) is 11.4 Å². The number of carbonyl (C=O) groups excluding carboxylic acids is 1. The lowest BCUT2D eigenvalue weighted by molar-refractivity contribution is -0.122. The molecule has 0 saturated carbocycles. The predicted octanol–water partition coefficient (Wildman–Crippen LogP) is 3.34. The normalized spacial score (nSPS) is 15.7. The van der Waals surface area contributed by atoms with Crippen molar-refractivity contribution >= 4 is 29.3 Å². The summed E-state index contributed by atoms with van der Waals surface area (Å²) in [6, 6.07) is 17.6. The Bertz CT molecular complexity index is 787. The minimum Gasteiger partial charge on any atom is -0.488 e. The molecule has 3 rings (SSSR count). The fourth-order valence-corrected chi connectivity index (χ4v) is 2.80. The van der Waals surface area contributed by atoms with Crippen LogP contribution < -0.4 is 10.1 Å². The van der Waals surface area contributed by atoms with Crippen molar-refractivity contribution in [3.05, 3.63) is 71.4 Å². The maximum atomic E-state index is 12.3. The standard InChI is InChI=1S/C19H18N2O2S/c1-2-21-18(22)16(20-19(21)24)12-15-10-6-7-11-17(15)23-13-14-8-4-3-5-9-14/h3-12H,2,13H2,1H3,(H,20,24)/b16-12-. The number of thiocarbonyl (C=S) groups is 1. The second kappa shape index (κ2) is 7.27. The molecule has 1 N–H and O–H groups in total. The number of ether oxygens (including phenoxy) is 1. The van der Waals surface area contributed by atoms with Gasteiger partial charge in [0.25, 0.3) is 5.91 Å². The van der Waals surface area contributed by atoms with Crippen molar-refractivity contribution in [2.45, 2.75) is 13.5 Å². The number of amides is 1. The van der Waals surface area contributed by atoms with Gasteiger partial charge < -0.3 is 10.1 Å². The van der Waals surface area contributed by atoms with Crippen molar-refractivity contribution in [2.24, 2.45) is 0 Å². The largest absolute Gasteiger partial charge is 0.488 e. The second-order valence-corrected chi connectivity index (χ2v) is 5.74. The number of hydrogen-bond acceptors (Lipinski definition) is 3. The van der Waals surface area contributed by atoms with Gasteiger partial charge in [-0.2, -0.15) is 0 Å². The summed E-state index contributed by atoms with van der Waals surface area (Å²) in [5.74, 6) is 0.615. The average molecular weight is 338 g/mol. The molecule has 2 aromatic rings.